The molecule has 0 spiro atoms. The van der Waals surface area contributed by atoms with Crippen LogP contribution in [0, 0.1) is 5.82 Å². The third kappa shape index (κ3) is 3.34. The van der Waals surface area contributed by atoms with Crippen molar-refractivity contribution in [3.63, 3.8) is 0 Å². The van der Waals surface area contributed by atoms with Gasteiger partial charge in [0.2, 0.25) is 0 Å². The Hall–Kier alpha value is -0.930. The molecule has 0 saturated carbocycles. The van der Waals surface area contributed by atoms with Crippen LogP contribution in [-0.4, -0.2) is 27.7 Å². The third-order valence-corrected chi connectivity index (χ3v) is 4.02. The number of piperidine rings is 1. The van der Waals surface area contributed by atoms with Crippen LogP contribution >= 0.6 is 0 Å². The van der Waals surface area contributed by atoms with E-state index in [0.717, 1.165) is 18.5 Å². The lowest BCUT2D eigenvalue weighted by Gasteiger charge is -2.49. The topological polar surface area (TPSA) is 23.5 Å². The van der Waals surface area contributed by atoms with Gasteiger partial charge in [-0.1, -0.05) is 12.1 Å². The van der Waals surface area contributed by atoms with Crippen LogP contribution < -0.4 is 0 Å². The molecule has 0 amide bonds. The summed E-state index contributed by atoms with van der Waals surface area (Å²) < 4.78 is 13.1. The molecule has 0 aliphatic carbocycles. The maximum Gasteiger partial charge on any atom is 0.123 e. The van der Waals surface area contributed by atoms with Crippen molar-refractivity contribution in [2.24, 2.45) is 0 Å². The Morgan fingerprint density at radius 2 is 1.84 bits per heavy atom. The lowest BCUT2D eigenvalue weighted by Crippen LogP contribution is -2.52. The van der Waals surface area contributed by atoms with Gasteiger partial charge >= 0.3 is 0 Å². The average molecular weight is 265 g/mol. The van der Waals surface area contributed by atoms with E-state index in [1.807, 2.05) is 19.1 Å². The number of rotatable bonds is 1. The second kappa shape index (κ2) is 4.88. The van der Waals surface area contributed by atoms with Crippen LogP contribution in [-0.2, 0) is 0 Å². The summed E-state index contributed by atoms with van der Waals surface area (Å²) in [5.74, 6) is -0.214. The maximum atomic E-state index is 13.1. The highest BCUT2D eigenvalue weighted by molar-refractivity contribution is 5.22. The molecule has 0 bridgehead atoms. The van der Waals surface area contributed by atoms with Crippen molar-refractivity contribution < 1.29 is 9.50 Å². The van der Waals surface area contributed by atoms with E-state index < -0.39 is 5.60 Å². The van der Waals surface area contributed by atoms with E-state index in [4.69, 9.17) is 0 Å². The van der Waals surface area contributed by atoms with Gasteiger partial charge in [0.25, 0.3) is 0 Å². The Labute approximate surface area is 115 Å². The van der Waals surface area contributed by atoms with Crippen LogP contribution in [0.15, 0.2) is 24.3 Å². The summed E-state index contributed by atoms with van der Waals surface area (Å²) in [5, 5.41) is 10.3. The van der Waals surface area contributed by atoms with E-state index in [9.17, 15) is 9.50 Å². The number of nitrogens with zero attached hydrogens (tertiary/aromatic N) is 1. The van der Waals surface area contributed by atoms with Gasteiger partial charge in [0.15, 0.2) is 0 Å². The molecule has 3 heteroatoms. The highest BCUT2D eigenvalue weighted by Gasteiger charge is 2.39. The summed E-state index contributed by atoms with van der Waals surface area (Å²) in [7, 11) is 0. The van der Waals surface area contributed by atoms with Crippen LogP contribution in [0.3, 0.4) is 0 Å². The predicted octanol–water partition coefficient (Wildman–Crippen LogP) is 3.51. The number of hydrogen-bond acceptors (Lipinski definition) is 2. The van der Waals surface area contributed by atoms with E-state index in [1.54, 1.807) is 0 Å². The van der Waals surface area contributed by atoms with Gasteiger partial charge < -0.3 is 5.11 Å². The molecule has 0 unspecified atom stereocenters. The summed E-state index contributed by atoms with van der Waals surface area (Å²) in [6.45, 7) is 9.30. The number of halogens is 1. The number of hydrogen-bond donors (Lipinski definition) is 1. The molecule has 2 rings (SSSR count). The molecule has 0 aromatic heterocycles. The fourth-order valence-electron chi connectivity index (χ4n) is 2.93. The second-order valence-corrected chi connectivity index (χ2v) is 6.88. The quantitative estimate of drug-likeness (QED) is 0.840. The van der Waals surface area contributed by atoms with E-state index in [-0.39, 0.29) is 17.4 Å². The first-order valence-electron chi connectivity index (χ1n) is 6.94. The molecule has 1 fully saturated rings. The van der Waals surface area contributed by atoms with Crippen molar-refractivity contribution in [2.75, 3.05) is 6.54 Å². The molecule has 0 radical (unpaired) electrons. The van der Waals surface area contributed by atoms with Crippen molar-refractivity contribution in [3.8, 4) is 0 Å². The molecular weight excluding hydrogens is 241 g/mol. The monoisotopic (exact) mass is 265 g/mol. The fraction of sp³-hybridized carbons (Fsp3) is 0.625. The number of benzene rings is 1. The van der Waals surface area contributed by atoms with Gasteiger partial charge in [-0.25, -0.2) is 4.39 Å². The molecule has 1 aromatic carbocycles. The minimum Gasteiger partial charge on any atom is -0.390 e. The van der Waals surface area contributed by atoms with Crippen molar-refractivity contribution in [1.29, 1.82) is 0 Å². The van der Waals surface area contributed by atoms with Crippen molar-refractivity contribution in [3.05, 3.63) is 35.6 Å². The van der Waals surface area contributed by atoms with Gasteiger partial charge in [-0.2, -0.15) is 0 Å². The predicted molar refractivity (Wildman–Crippen MR) is 75.5 cm³/mol. The Morgan fingerprint density at radius 3 is 2.37 bits per heavy atom. The smallest absolute Gasteiger partial charge is 0.123 e. The van der Waals surface area contributed by atoms with Crippen LogP contribution in [0.4, 0.5) is 4.39 Å². The lowest BCUT2D eigenvalue weighted by molar-refractivity contribution is -0.0628. The molecule has 19 heavy (non-hydrogen) atoms. The zero-order chi connectivity index (χ0) is 14.3. The van der Waals surface area contributed by atoms with Gasteiger partial charge in [-0.05, 0) is 58.2 Å². The maximum absolute atomic E-state index is 13.1. The molecular formula is C16H24FNO. The van der Waals surface area contributed by atoms with Crippen molar-refractivity contribution in [1.82, 2.24) is 4.90 Å². The number of likely N-dealkylation sites (tertiary alicyclic amines) is 1. The minimum absolute atomic E-state index is 0.0373. The van der Waals surface area contributed by atoms with E-state index in [1.165, 1.54) is 12.1 Å². The highest BCUT2D eigenvalue weighted by atomic mass is 19.1. The van der Waals surface area contributed by atoms with Gasteiger partial charge in [-0.3, -0.25) is 4.90 Å². The normalized spacial score (nSPS) is 29.5. The zero-order valence-corrected chi connectivity index (χ0v) is 12.3. The first-order chi connectivity index (χ1) is 8.69. The second-order valence-electron chi connectivity index (χ2n) is 6.88. The molecule has 2 atom stereocenters. The molecule has 106 valence electrons. The summed E-state index contributed by atoms with van der Waals surface area (Å²) in [6, 6.07) is 6.81. The van der Waals surface area contributed by atoms with E-state index in [2.05, 4.69) is 25.7 Å². The first-order valence-corrected chi connectivity index (χ1v) is 6.94. The van der Waals surface area contributed by atoms with Gasteiger partial charge in [0.1, 0.15) is 5.82 Å². The molecule has 1 heterocycles. The summed E-state index contributed by atoms with van der Waals surface area (Å²) >= 11 is 0. The molecule has 1 N–H and O–H groups in total. The molecule has 1 saturated heterocycles. The summed E-state index contributed by atoms with van der Waals surface area (Å²) in [4.78, 5) is 2.40. The highest BCUT2D eigenvalue weighted by Crippen LogP contribution is 2.40. The molecule has 1 aliphatic heterocycles. The molecule has 1 aliphatic rings. The zero-order valence-electron chi connectivity index (χ0n) is 12.3. The van der Waals surface area contributed by atoms with Gasteiger partial charge in [0.05, 0.1) is 5.60 Å². The van der Waals surface area contributed by atoms with Crippen LogP contribution in [0.25, 0.3) is 0 Å². The average Bonchev–Trinajstić information content (AvgIpc) is 2.27. The van der Waals surface area contributed by atoms with Crippen molar-refractivity contribution >= 4 is 0 Å². The van der Waals surface area contributed by atoms with Gasteiger partial charge in [-0.15, -0.1) is 0 Å². The minimum atomic E-state index is -0.638. The van der Waals surface area contributed by atoms with Crippen LogP contribution in [0.2, 0.25) is 0 Å². The summed E-state index contributed by atoms with van der Waals surface area (Å²) in [6.07, 6.45) is 1.47. The lowest BCUT2D eigenvalue weighted by atomic mass is 9.82. The van der Waals surface area contributed by atoms with E-state index >= 15 is 0 Å². The SMILES string of the molecule is CC(C)(C)N1CC[C@@](C)(O)C[C@@H]1c1ccc(F)cc1. The largest absolute Gasteiger partial charge is 0.390 e. The summed E-state index contributed by atoms with van der Waals surface area (Å²) in [5.41, 5.74) is 0.479. The fourth-order valence-corrected chi connectivity index (χ4v) is 2.93. The Morgan fingerprint density at radius 1 is 1.26 bits per heavy atom. The van der Waals surface area contributed by atoms with E-state index in [0.29, 0.717) is 6.42 Å². The Balaban J connectivity index is 2.32. The first kappa shape index (κ1) is 14.5. The number of aliphatic hydroxyl groups is 1. The van der Waals surface area contributed by atoms with Gasteiger partial charge in [0, 0.05) is 18.1 Å². The third-order valence-electron chi connectivity index (χ3n) is 4.02. The molecule has 2 nitrogen and oxygen atoms in total. The Bertz CT molecular complexity index is 433. The Kier molecular flexibility index (Phi) is 3.72. The molecule has 1 aromatic rings. The van der Waals surface area contributed by atoms with Crippen molar-refractivity contribution in [2.45, 2.75) is 57.7 Å². The van der Waals surface area contributed by atoms with Crippen LogP contribution in [0.5, 0.6) is 0 Å². The standard InChI is InChI=1S/C16H24FNO/c1-15(2,3)18-10-9-16(4,19)11-14(18)12-5-7-13(17)8-6-12/h5-8,14,19H,9-11H2,1-4H3/t14-,16-/m1/s1. The van der Waals surface area contributed by atoms with Crippen LogP contribution in [0.1, 0.15) is 52.1 Å².